The molecule has 1 nitrogen and oxygen atoms in total. The van der Waals surface area contributed by atoms with Gasteiger partial charge in [-0.1, -0.05) is 0 Å². The van der Waals surface area contributed by atoms with Crippen molar-refractivity contribution in [2.45, 2.75) is 25.1 Å². The molecule has 0 bridgehead atoms. The van der Waals surface area contributed by atoms with E-state index in [4.69, 9.17) is 4.74 Å². The normalized spacial score (nSPS) is 19.4. The predicted octanol–water partition coefficient (Wildman–Crippen LogP) is 5.35. The van der Waals surface area contributed by atoms with Crippen molar-refractivity contribution in [3.05, 3.63) is 91.0 Å². The standard InChI is InChI=1S/C23H24BrOP/c24-26(20-12-4-1-5-13-20,21-14-6-2-7-15-21,22-16-8-3-9-17-22)23-18-10-11-19-25-23/h1-9,12-17,23H,10-11,18-19H2. The van der Waals surface area contributed by atoms with Crippen LogP contribution in [0, 0.1) is 0 Å². The van der Waals surface area contributed by atoms with E-state index in [0.29, 0.717) is 0 Å². The molecule has 0 amide bonds. The third-order valence-corrected chi connectivity index (χ3v) is 15.9. The van der Waals surface area contributed by atoms with Crippen molar-refractivity contribution >= 4 is 36.7 Å². The molecule has 0 radical (unpaired) electrons. The summed E-state index contributed by atoms with van der Waals surface area (Å²) >= 11 is 4.48. The second kappa shape index (κ2) is 7.27. The van der Waals surface area contributed by atoms with Gasteiger partial charge in [-0.3, -0.25) is 0 Å². The van der Waals surface area contributed by atoms with Crippen LogP contribution in [0.15, 0.2) is 91.0 Å². The van der Waals surface area contributed by atoms with Gasteiger partial charge in [-0.15, -0.1) is 0 Å². The van der Waals surface area contributed by atoms with Crippen LogP contribution in [0.25, 0.3) is 0 Å². The number of benzene rings is 3. The van der Waals surface area contributed by atoms with Gasteiger partial charge in [0.25, 0.3) is 0 Å². The van der Waals surface area contributed by atoms with Crippen LogP contribution < -0.4 is 15.9 Å². The average molecular weight is 427 g/mol. The van der Waals surface area contributed by atoms with Crippen molar-refractivity contribution in [1.29, 1.82) is 0 Å². The van der Waals surface area contributed by atoms with Crippen LogP contribution in [-0.4, -0.2) is 12.5 Å². The molecule has 1 aliphatic heterocycles. The number of hydrogen-bond donors (Lipinski definition) is 0. The SMILES string of the molecule is BrP(c1ccccc1)(c1ccccc1)(c1ccccc1)C1CCCCO1. The fourth-order valence-corrected chi connectivity index (χ4v) is 12.5. The van der Waals surface area contributed by atoms with Gasteiger partial charge in [-0.25, -0.2) is 0 Å². The number of hydrogen-bond acceptors (Lipinski definition) is 1. The van der Waals surface area contributed by atoms with Gasteiger partial charge in [-0.2, -0.15) is 0 Å². The molecular formula is C23H24BrOP. The van der Waals surface area contributed by atoms with Crippen molar-refractivity contribution in [1.82, 2.24) is 0 Å². The van der Waals surface area contributed by atoms with Gasteiger partial charge in [-0.05, 0) is 0 Å². The summed E-state index contributed by atoms with van der Waals surface area (Å²) in [5, 5.41) is 1.06. The second-order valence-electron chi connectivity index (χ2n) is 6.90. The first-order chi connectivity index (χ1) is 12.7. The van der Waals surface area contributed by atoms with Crippen LogP contribution in [0.4, 0.5) is 0 Å². The maximum atomic E-state index is 6.52. The molecule has 1 heterocycles. The third-order valence-electron chi connectivity index (χ3n) is 5.48. The van der Waals surface area contributed by atoms with Gasteiger partial charge in [0.05, 0.1) is 0 Å². The Hall–Kier alpha value is -1.47. The van der Waals surface area contributed by atoms with Gasteiger partial charge >= 0.3 is 164 Å². The molecular weight excluding hydrogens is 403 g/mol. The van der Waals surface area contributed by atoms with Gasteiger partial charge < -0.3 is 0 Å². The second-order valence-corrected chi connectivity index (χ2v) is 15.6. The Morgan fingerprint density at radius 2 is 1.08 bits per heavy atom. The molecule has 26 heavy (non-hydrogen) atoms. The Labute approximate surface area is 164 Å². The fourth-order valence-electron chi connectivity index (χ4n) is 4.21. The first kappa shape index (κ1) is 17.9. The van der Waals surface area contributed by atoms with Crippen molar-refractivity contribution in [3.63, 3.8) is 0 Å². The molecule has 1 atom stereocenters. The summed E-state index contributed by atoms with van der Waals surface area (Å²) < 4.78 is 6.52. The third kappa shape index (κ3) is 2.67. The Kier molecular flexibility index (Phi) is 5.01. The van der Waals surface area contributed by atoms with Crippen LogP contribution in [0.2, 0.25) is 0 Å². The minimum atomic E-state index is -2.95. The van der Waals surface area contributed by atoms with Gasteiger partial charge in [0.1, 0.15) is 0 Å². The van der Waals surface area contributed by atoms with E-state index in [1.54, 1.807) is 0 Å². The Balaban J connectivity index is 2.10. The molecule has 4 rings (SSSR count). The molecule has 1 aliphatic rings. The average Bonchev–Trinajstić information content (AvgIpc) is 2.76. The molecule has 0 aromatic heterocycles. The van der Waals surface area contributed by atoms with E-state index in [0.717, 1.165) is 19.4 Å². The molecule has 0 N–H and O–H groups in total. The zero-order chi connectivity index (χ0) is 17.9. The summed E-state index contributed by atoms with van der Waals surface area (Å²) in [5.74, 6) is 0.141. The molecule has 3 heteroatoms. The van der Waals surface area contributed by atoms with E-state index in [9.17, 15) is 0 Å². The van der Waals surface area contributed by atoms with Crippen molar-refractivity contribution in [2.24, 2.45) is 0 Å². The molecule has 1 fully saturated rings. The van der Waals surface area contributed by atoms with E-state index in [1.165, 1.54) is 22.3 Å². The van der Waals surface area contributed by atoms with Crippen LogP contribution in [0.5, 0.6) is 0 Å². The Morgan fingerprint density at radius 3 is 1.42 bits per heavy atom. The summed E-state index contributed by atoms with van der Waals surface area (Å²) in [5.41, 5.74) is 0. The summed E-state index contributed by atoms with van der Waals surface area (Å²) in [6.07, 6.45) is 3.43. The van der Waals surface area contributed by atoms with Crippen LogP contribution in [0.1, 0.15) is 19.3 Å². The van der Waals surface area contributed by atoms with E-state index >= 15 is 0 Å². The van der Waals surface area contributed by atoms with Crippen LogP contribution >= 0.6 is 20.8 Å². The number of ether oxygens (including phenoxy) is 1. The fraction of sp³-hybridized carbons (Fsp3) is 0.217. The zero-order valence-electron chi connectivity index (χ0n) is 14.8. The van der Waals surface area contributed by atoms with Crippen molar-refractivity contribution in [2.75, 3.05) is 6.61 Å². The van der Waals surface area contributed by atoms with E-state index < -0.39 is 5.31 Å². The van der Waals surface area contributed by atoms with Crippen molar-refractivity contribution < 1.29 is 4.74 Å². The van der Waals surface area contributed by atoms with Crippen LogP contribution in [-0.2, 0) is 4.74 Å². The molecule has 3 aromatic carbocycles. The molecule has 0 aliphatic carbocycles. The van der Waals surface area contributed by atoms with Gasteiger partial charge in [0, 0.05) is 0 Å². The maximum absolute atomic E-state index is 6.52. The Morgan fingerprint density at radius 1 is 0.654 bits per heavy atom. The molecule has 134 valence electrons. The van der Waals surface area contributed by atoms with E-state index in [1.807, 2.05) is 0 Å². The first-order valence-corrected chi connectivity index (χ1v) is 13.6. The monoisotopic (exact) mass is 426 g/mol. The van der Waals surface area contributed by atoms with Gasteiger partial charge in [0.15, 0.2) is 0 Å². The van der Waals surface area contributed by atoms with E-state index in [-0.39, 0.29) is 5.85 Å². The topological polar surface area (TPSA) is 9.23 Å². The number of rotatable bonds is 4. The summed E-state index contributed by atoms with van der Waals surface area (Å²) in [6.45, 7) is 0.834. The Bertz CT molecular complexity index is 746. The quantitative estimate of drug-likeness (QED) is 0.510. The number of halogens is 1. The molecule has 3 aromatic rings. The predicted molar refractivity (Wildman–Crippen MR) is 118 cm³/mol. The molecule has 0 spiro atoms. The van der Waals surface area contributed by atoms with Crippen molar-refractivity contribution in [3.8, 4) is 0 Å². The van der Waals surface area contributed by atoms with Gasteiger partial charge in [0.2, 0.25) is 0 Å². The minimum absolute atomic E-state index is 0.141. The van der Waals surface area contributed by atoms with E-state index in [2.05, 4.69) is 106 Å². The zero-order valence-corrected chi connectivity index (χ0v) is 17.3. The first-order valence-electron chi connectivity index (χ1n) is 9.26. The molecule has 0 saturated carbocycles. The summed E-state index contributed by atoms with van der Waals surface area (Å²) in [6, 6.07) is 32.8. The summed E-state index contributed by atoms with van der Waals surface area (Å²) in [7, 11) is 0. The molecule has 1 unspecified atom stereocenters. The summed E-state index contributed by atoms with van der Waals surface area (Å²) in [4.78, 5) is 0. The van der Waals surface area contributed by atoms with Crippen LogP contribution in [0.3, 0.4) is 0 Å². The molecule has 1 saturated heterocycles.